The van der Waals surface area contributed by atoms with Gasteiger partial charge in [-0.25, -0.2) is 0 Å². The minimum absolute atomic E-state index is 0.00139. The van der Waals surface area contributed by atoms with Crippen molar-refractivity contribution in [1.29, 1.82) is 0 Å². The maximum absolute atomic E-state index is 12.7. The number of fused-ring (bicyclic) bond motifs is 2. The van der Waals surface area contributed by atoms with E-state index in [0.717, 1.165) is 33.5 Å². The van der Waals surface area contributed by atoms with Gasteiger partial charge in [0.1, 0.15) is 22.7 Å². The van der Waals surface area contributed by atoms with Crippen LogP contribution in [0.1, 0.15) is 27.4 Å². The zero-order chi connectivity index (χ0) is 15.3. The fourth-order valence-corrected chi connectivity index (χ4v) is 2.80. The zero-order valence-corrected chi connectivity index (χ0v) is 12.3. The Morgan fingerprint density at radius 3 is 1.64 bits per heavy atom. The van der Waals surface area contributed by atoms with E-state index in [0.29, 0.717) is 11.1 Å². The van der Waals surface area contributed by atoms with Gasteiger partial charge in [0, 0.05) is 21.9 Å². The van der Waals surface area contributed by atoms with Gasteiger partial charge in [0.15, 0.2) is 5.78 Å². The number of hydrogen-bond acceptors (Lipinski definition) is 3. The smallest absolute Gasteiger partial charge is 0.193 e. The minimum Gasteiger partial charge on any atom is -0.461 e. The van der Waals surface area contributed by atoms with Crippen molar-refractivity contribution in [3.8, 4) is 0 Å². The topological polar surface area (TPSA) is 43.4 Å². The summed E-state index contributed by atoms with van der Waals surface area (Å²) in [5.41, 5.74) is 2.92. The maximum atomic E-state index is 12.7. The standard InChI is InChI=1S/C19H14O3/c1-11-7-15-9-13(3-5-17(15)21-11)19(20)14-4-6-18-16(10-14)8-12(2)22-18/h3-10H,1-2H3. The van der Waals surface area contributed by atoms with E-state index in [2.05, 4.69) is 0 Å². The molecule has 0 saturated heterocycles. The van der Waals surface area contributed by atoms with Crippen molar-refractivity contribution in [2.24, 2.45) is 0 Å². The van der Waals surface area contributed by atoms with Crippen LogP contribution in [0.2, 0.25) is 0 Å². The molecule has 2 heterocycles. The number of carbonyl (C=O) groups is 1. The van der Waals surface area contributed by atoms with E-state index in [9.17, 15) is 4.79 Å². The normalized spacial score (nSPS) is 11.4. The highest BCUT2D eigenvalue weighted by Crippen LogP contribution is 2.24. The fourth-order valence-electron chi connectivity index (χ4n) is 2.80. The van der Waals surface area contributed by atoms with Gasteiger partial charge in [0.2, 0.25) is 0 Å². The summed E-state index contributed by atoms with van der Waals surface area (Å²) in [4.78, 5) is 12.7. The third-order valence-electron chi connectivity index (χ3n) is 3.80. The van der Waals surface area contributed by atoms with Gasteiger partial charge in [-0.3, -0.25) is 4.79 Å². The van der Waals surface area contributed by atoms with Crippen molar-refractivity contribution in [3.05, 3.63) is 71.2 Å². The molecule has 0 amide bonds. The second-order valence-corrected chi connectivity index (χ2v) is 5.55. The Kier molecular flexibility index (Phi) is 2.70. The highest BCUT2D eigenvalue weighted by molar-refractivity contribution is 6.11. The number of benzene rings is 2. The summed E-state index contributed by atoms with van der Waals surface area (Å²) in [5.74, 6) is 1.69. The van der Waals surface area contributed by atoms with Gasteiger partial charge in [-0.05, 0) is 62.4 Å². The Morgan fingerprint density at radius 2 is 1.18 bits per heavy atom. The molecule has 0 N–H and O–H groups in total. The van der Waals surface area contributed by atoms with Gasteiger partial charge in [0.05, 0.1) is 0 Å². The van der Waals surface area contributed by atoms with Crippen LogP contribution in [0, 0.1) is 13.8 Å². The van der Waals surface area contributed by atoms with Crippen LogP contribution in [-0.2, 0) is 0 Å². The Labute approximate surface area is 127 Å². The maximum Gasteiger partial charge on any atom is 0.193 e. The summed E-state index contributed by atoms with van der Waals surface area (Å²) < 4.78 is 11.1. The molecule has 4 rings (SSSR count). The van der Waals surface area contributed by atoms with Crippen LogP contribution < -0.4 is 0 Å². The van der Waals surface area contributed by atoms with E-state index in [-0.39, 0.29) is 5.78 Å². The highest BCUT2D eigenvalue weighted by Gasteiger charge is 2.12. The summed E-state index contributed by atoms with van der Waals surface area (Å²) >= 11 is 0. The first-order valence-corrected chi connectivity index (χ1v) is 7.15. The van der Waals surface area contributed by atoms with E-state index in [1.54, 1.807) is 12.1 Å². The quantitative estimate of drug-likeness (QED) is 0.486. The number of carbonyl (C=O) groups excluding carboxylic acids is 1. The number of furan rings is 2. The second kappa shape index (κ2) is 4.60. The largest absolute Gasteiger partial charge is 0.461 e. The predicted molar refractivity (Wildman–Crippen MR) is 85.3 cm³/mol. The molecule has 0 bridgehead atoms. The van der Waals surface area contributed by atoms with Gasteiger partial charge in [-0.2, -0.15) is 0 Å². The molecule has 0 saturated carbocycles. The van der Waals surface area contributed by atoms with E-state index < -0.39 is 0 Å². The number of ketones is 1. The lowest BCUT2D eigenvalue weighted by molar-refractivity contribution is 0.103. The molecule has 0 aliphatic carbocycles. The lowest BCUT2D eigenvalue weighted by Crippen LogP contribution is -2.00. The molecule has 0 spiro atoms. The van der Waals surface area contributed by atoms with E-state index in [1.807, 2.05) is 50.2 Å². The summed E-state index contributed by atoms with van der Waals surface area (Å²) in [6.45, 7) is 3.80. The summed E-state index contributed by atoms with van der Waals surface area (Å²) in [6, 6.07) is 14.9. The molecule has 2 aromatic heterocycles. The Morgan fingerprint density at radius 1 is 0.727 bits per heavy atom. The van der Waals surface area contributed by atoms with E-state index >= 15 is 0 Å². The van der Waals surface area contributed by atoms with Crippen LogP contribution in [0.25, 0.3) is 21.9 Å². The first kappa shape index (κ1) is 12.9. The van der Waals surface area contributed by atoms with Gasteiger partial charge >= 0.3 is 0 Å². The molecule has 0 radical (unpaired) electrons. The lowest BCUT2D eigenvalue weighted by Gasteiger charge is -2.01. The van der Waals surface area contributed by atoms with Crippen molar-refractivity contribution in [3.63, 3.8) is 0 Å². The second-order valence-electron chi connectivity index (χ2n) is 5.55. The van der Waals surface area contributed by atoms with Crippen molar-refractivity contribution in [2.45, 2.75) is 13.8 Å². The van der Waals surface area contributed by atoms with Gasteiger partial charge in [-0.15, -0.1) is 0 Å². The molecular weight excluding hydrogens is 276 g/mol. The van der Waals surface area contributed by atoms with Crippen LogP contribution in [0.5, 0.6) is 0 Å². The molecule has 4 aromatic rings. The monoisotopic (exact) mass is 290 g/mol. The Balaban J connectivity index is 1.79. The number of rotatable bonds is 2. The van der Waals surface area contributed by atoms with Crippen molar-refractivity contribution >= 4 is 27.7 Å². The third kappa shape index (κ3) is 2.02. The molecule has 3 heteroatoms. The first-order chi connectivity index (χ1) is 10.6. The van der Waals surface area contributed by atoms with Crippen LogP contribution in [-0.4, -0.2) is 5.78 Å². The molecule has 0 unspecified atom stereocenters. The molecule has 0 atom stereocenters. The Bertz CT molecular complexity index is 936. The van der Waals surface area contributed by atoms with Crippen LogP contribution >= 0.6 is 0 Å². The average molecular weight is 290 g/mol. The van der Waals surface area contributed by atoms with Crippen molar-refractivity contribution in [1.82, 2.24) is 0 Å². The molecule has 108 valence electrons. The van der Waals surface area contributed by atoms with Crippen molar-refractivity contribution < 1.29 is 13.6 Å². The zero-order valence-electron chi connectivity index (χ0n) is 12.3. The number of aryl methyl sites for hydroxylation is 2. The third-order valence-corrected chi connectivity index (χ3v) is 3.80. The Hall–Kier alpha value is -2.81. The molecule has 3 nitrogen and oxygen atoms in total. The molecule has 2 aromatic carbocycles. The van der Waals surface area contributed by atoms with Crippen molar-refractivity contribution in [2.75, 3.05) is 0 Å². The van der Waals surface area contributed by atoms with Crippen LogP contribution in [0.4, 0.5) is 0 Å². The molecule has 0 aliphatic heterocycles. The highest BCUT2D eigenvalue weighted by atomic mass is 16.3. The van der Waals surface area contributed by atoms with Crippen LogP contribution in [0.3, 0.4) is 0 Å². The molecule has 0 aliphatic rings. The van der Waals surface area contributed by atoms with Gasteiger partial charge in [0.25, 0.3) is 0 Å². The number of hydrogen-bond donors (Lipinski definition) is 0. The summed E-state index contributed by atoms with van der Waals surface area (Å²) in [7, 11) is 0. The summed E-state index contributed by atoms with van der Waals surface area (Å²) in [5, 5.41) is 1.90. The predicted octanol–water partition coefficient (Wildman–Crippen LogP) is 5.03. The summed E-state index contributed by atoms with van der Waals surface area (Å²) in [6.07, 6.45) is 0. The fraction of sp³-hybridized carbons (Fsp3) is 0.105. The van der Waals surface area contributed by atoms with E-state index in [4.69, 9.17) is 8.83 Å². The van der Waals surface area contributed by atoms with Crippen LogP contribution in [0.15, 0.2) is 57.4 Å². The minimum atomic E-state index is 0.00139. The lowest BCUT2D eigenvalue weighted by atomic mass is 10.0. The van der Waals surface area contributed by atoms with E-state index in [1.165, 1.54) is 0 Å². The molecular formula is C19H14O3. The molecule has 0 fully saturated rings. The molecule has 22 heavy (non-hydrogen) atoms. The SMILES string of the molecule is Cc1cc2cc(C(=O)c3ccc4oc(C)cc4c3)ccc2o1. The van der Waals surface area contributed by atoms with Gasteiger partial charge < -0.3 is 8.83 Å². The average Bonchev–Trinajstić information content (AvgIpc) is 3.04. The van der Waals surface area contributed by atoms with Gasteiger partial charge in [-0.1, -0.05) is 0 Å². The first-order valence-electron chi connectivity index (χ1n) is 7.15.